The van der Waals surface area contributed by atoms with Crippen LogP contribution >= 0.6 is 0 Å². The van der Waals surface area contributed by atoms with Crippen molar-refractivity contribution >= 4 is 21.6 Å². The van der Waals surface area contributed by atoms with Gasteiger partial charge >= 0.3 is 0 Å². The monoisotopic (exact) mass is 375 g/mol. The molecule has 1 aromatic carbocycles. The number of nitrogens with zero attached hydrogens (tertiary/aromatic N) is 2. The molecule has 140 valence electrons. The summed E-state index contributed by atoms with van der Waals surface area (Å²) >= 11 is 0. The van der Waals surface area contributed by atoms with Gasteiger partial charge in [-0.2, -0.15) is 0 Å². The number of hydrogen-bond donors (Lipinski definition) is 1. The molecule has 1 aromatic heterocycles. The van der Waals surface area contributed by atoms with Gasteiger partial charge in [0, 0.05) is 25.0 Å². The van der Waals surface area contributed by atoms with E-state index >= 15 is 0 Å². The fourth-order valence-corrected chi connectivity index (χ4v) is 3.09. The van der Waals surface area contributed by atoms with Gasteiger partial charge in [0.2, 0.25) is 10.0 Å². The first-order valence-corrected chi connectivity index (χ1v) is 10.3. The SMILES string of the molecule is CC(C)CC(NC(=O)c1ccc(N(C)S(C)(=O)=O)cc1)c1cccnc1. The van der Waals surface area contributed by atoms with Crippen molar-refractivity contribution in [3.05, 3.63) is 59.9 Å². The van der Waals surface area contributed by atoms with E-state index in [1.54, 1.807) is 36.7 Å². The van der Waals surface area contributed by atoms with Gasteiger partial charge in [-0.1, -0.05) is 19.9 Å². The number of carbonyl (C=O) groups excluding carboxylic acids is 1. The van der Waals surface area contributed by atoms with Gasteiger partial charge in [-0.25, -0.2) is 8.42 Å². The molecule has 0 aliphatic rings. The summed E-state index contributed by atoms with van der Waals surface area (Å²) in [6.07, 6.45) is 5.40. The van der Waals surface area contributed by atoms with E-state index in [2.05, 4.69) is 24.1 Å². The molecule has 0 bridgehead atoms. The lowest BCUT2D eigenvalue weighted by Crippen LogP contribution is -2.29. The summed E-state index contributed by atoms with van der Waals surface area (Å²) in [5.74, 6) is 0.208. The smallest absolute Gasteiger partial charge is 0.251 e. The summed E-state index contributed by atoms with van der Waals surface area (Å²) in [7, 11) is -1.85. The number of anilines is 1. The topological polar surface area (TPSA) is 79.4 Å². The van der Waals surface area contributed by atoms with Crippen LogP contribution in [0, 0.1) is 5.92 Å². The van der Waals surface area contributed by atoms with Crippen LogP contribution in [0.2, 0.25) is 0 Å². The van der Waals surface area contributed by atoms with Crippen LogP contribution in [0.3, 0.4) is 0 Å². The molecule has 0 radical (unpaired) electrons. The number of benzene rings is 1. The van der Waals surface area contributed by atoms with Crippen molar-refractivity contribution in [1.29, 1.82) is 0 Å². The minimum absolute atomic E-state index is 0.130. The van der Waals surface area contributed by atoms with Crippen molar-refractivity contribution in [3.63, 3.8) is 0 Å². The Bertz CT molecular complexity index is 834. The lowest BCUT2D eigenvalue weighted by Gasteiger charge is -2.21. The second kappa shape index (κ2) is 8.31. The van der Waals surface area contributed by atoms with Gasteiger partial charge in [-0.15, -0.1) is 0 Å². The summed E-state index contributed by atoms with van der Waals surface area (Å²) in [6, 6.07) is 10.2. The molecule has 0 saturated carbocycles. The molecular weight excluding hydrogens is 350 g/mol. The zero-order valence-electron chi connectivity index (χ0n) is 15.5. The molecule has 6 nitrogen and oxygen atoms in total. The maximum Gasteiger partial charge on any atom is 0.251 e. The maximum absolute atomic E-state index is 12.6. The molecule has 2 aromatic rings. The van der Waals surface area contributed by atoms with Gasteiger partial charge in [0.25, 0.3) is 5.91 Å². The van der Waals surface area contributed by atoms with Crippen molar-refractivity contribution in [2.75, 3.05) is 17.6 Å². The van der Waals surface area contributed by atoms with E-state index in [4.69, 9.17) is 0 Å². The molecular formula is C19H25N3O3S. The fraction of sp³-hybridized carbons (Fsp3) is 0.368. The van der Waals surface area contributed by atoms with Crippen LogP contribution in [-0.4, -0.2) is 32.6 Å². The highest BCUT2D eigenvalue weighted by Crippen LogP contribution is 2.22. The molecule has 0 fully saturated rings. The average Bonchev–Trinajstić information content (AvgIpc) is 2.60. The van der Waals surface area contributed by atoms with Crippen molar-refractivity contribution in [2.24, 2.45) is 5.92 Å². The molecule has 0 aliphatic carbocycles. The second-order valence-corrected chi connectivity index (χ2v) is 8.73. The highest BCUT2D eigenvalue weighted by molar-refractivity contribution is 7.92. The predicted octanol–water partition coefficient (Wildman–Crippen LogP) is 2.99. The van der Waals surface area contributed by atoms with E-state index in [9.17, 15) is 13.2 Å². The number of nitrogens with one attached hydrogen (secondary N) is 1. The minimum atomic E-state index is -3.33. The molecule has 2 rings (SSSR count). The van der Waals surface area contributed by atoms with Crippen LogP contribution in [0.25, 0.3) is 0 Å². The molecule has 0 spiro atoms. The summed E-state index contributed by atoms with van der Waals surface area (Å²) in [6.45, 7) is 4.21. The third kappa shape index (κ3) is 5.29. The van der Waals surface area contributed by atoms with Crippen LogP contribution in [0.15, 0.2) is 48.8 Å². The molecule has 0 aliphatic heterocycles. The number of rotatable bonds is 7. The Morgan fingerprint density at radius 1 is 1.19 bits per heavy atom. The van der Waals surface area contributed by atoms with Gasteiger partial charge in [0.05, 0.1) is 18.0 Å². The Balaban J connectivity index is 2.16. The fourth-order valence-electron chi connectivity index (χ4n) is 2.59. The molecule has 1 unspecified atom stereocenters. The van der Waals surface area contributed by atoms with Gasteiger partial charge in [-0.05, 0) is 48.2 Å². The van der Waals surface area contributed by atoms with Crippen LogP contribution in [-0.2, 0) is 10.0 Å². The van der Waals surface area contributed by atoms with E-state index in [0.29, 0.717) is 17.2 Å². The lowest BCUT2D eigenvalue weighted by molar-refractivity contribution is 0.0932. The van der Waals surface area contributed by atoms with Crippen molar-refractivity contribution in [3.8, 4) is 0 Å². The zero-order chi connectivity index (χ0) is 19.3. The first-order valence-electron chi connectivity index (χ1n) is 8.43. The number of amides is 1. The van der Waals surface area contributed by atoms with Gasteiger partial charge in [-0.3, -0.25) is 14.1 Å². The molecule has 1 atom stereocenters. The van der Waals surface area contributed by atoms with Crippen LogP contribution in [0.4, 0.5) is 5.69 Å². The molecule has 7 heteroatoms. The predicted molar refractivity (Wildman–Crippen MR) is 104 cm³/mol. The van der Waals surface area contributed by atoms with Gasteiger partial charge < -0.3 is 5.32 Å². The van der Waals surface area contributed by atoms with Crippen LogP contribution in [0.5, 0.6) is 0 Å². The minimum Gasteiger partial charge on any atom is -0.345 e. The largest absolute Gasteiger partial charge is 0.345 e. The van der Waals surface area contributed by atoms with E-state index in [1.165, 1.54) is 11.4 Å². The Hall–Kier alpha value is -2.41. The molecule has 1 N–H and O–H groups in total. The van der Waals surface area contributed by atoms with E-state index < -0.39 is 10.0 Å². The van der Waals surface area contributed by atoms with Crippen LogP contribution in [0.1, 0.15) is 42.2 Å². The average molecular weight is 375 g/mol. The first kappa shape index (κ1) is 19.9. The zero-order valence-corrected chi connectivity index (χ0v) is 16.3. The van der Waals surface area contributed by atoms with E-state index in [-0.39, 0.29) is 11.9 Å². The Labute approximate surface area is 155 Å². The summed E-state index contributed by atoms with van der Waals surface area (Å²) in [5, 5.41) is 3.05. The number of pyridine rings is 1. The quantitative estimate of drug-likeness (QED) is 0.807. The van der Waals surface area contributed by atoms with Crippen LogP contribution < -0.4 is 9.62 Å². The third-order valence-corrected chi connectivity index (χ3v) is 5.30. The Morgan fingerprint density at radius 3 is 2.35 bits per heavy atom. The third-order valence-electron chi connectivity index (χ3n) is 4.09. The molecule has 1 heterocycles. The second-order valence-electron chi connectivity index (χ2n) is 6.72. The van der Waals surface area contributed by atoms with Gasteiger partial charge in [0.1, 0.15) is 0 Å². The standard InChI is InChI=1S/C19H25N3O3S/c1-14(2)12-18(16-6-5-11-20-13-16)21-19(23)15-7-9-17(10-8-15)22(3)26(4,24)25/h5-11,13-14,18H,12H2,1-4H3,(H,21,23). The highest BCUT2D eigenvalue weighted by atomic mass is 32.2. The number of hydrogen-bond acceptors (Lipinski definition) is 4. The molecule has 26 heavy (non-hydrogen) atoms. The lowest BCUT2D eigenvalue weighted by atomic mass is 9.98. The normalized spacial score (nSPS) is 12.7. The summed E-state index contributed by atoms with van der Waals surface area (Å²) in [5.41, 5.74) is 1.95. The first-order chi connectivity index (χ1) is 12.2. The van der Waals surface area contributed by atoms with E-state index in [0.717, 1.165) is 18.2 Å². The van der Waals surface area contributed by atoms with Crippen molar-refractivity contribution in [1.82, 2.24) is 10.3 Å². The number of aromatic nitrogens is 1. The maximum atomic E-state index is 12.6. The van der Waals surface area contributed by atoms with Gasteiger partial charge in [0.15, 0.2) is 0 Å². The highest BCUT2D eigenvalue weighted by Gasteiger charge is 2.18. The summed E-state index contributed by atoms with van der Waals surface area (Å²) in [4.78, 5) is 16.8. The number of sulfonamides is 1. The Morgan fingerprint density at radius 2 is 1.85 bits per heavy atom. The Kier molecular flexibility index (Phi) is 6.37. The van der Waals surface area contributed by atoms with E-state index in [1.807, 2.05) is 12.1 Å². The summed E-state index contributed by atoms with van der Waals surface area (Å²) < 4.78 is 24.4. The van der Waals surface area contributed by atoms with Crippen molar-refractivity contribution in [2.45, 2.75) is 26.3 Å². The molecule has 0 saturated heterocycles. The van der Waals surface area contributed by atoms with Crippen molar-refractivity contribution < 1.29 is 13.2 Å². The number of carbonyl (C=O) groups is 1. The molecule has 1 amide bonds.